The highest BCUT2D eigenvalue weighted by molar-refractivity contribution is 5.69. The Morgan fingerprint density at radius 3 is 2.50 bits per heavy atom. The van der Waals surface area contributed by atoms with Crippen molar-refractivity contribution in [2.24, 2.45) is 0 Å². The minimum absolute atomic E-state index is 0.165. The lowest BCUT2D eigenvalue weighted by atomic mass is 10.1. The maximum atomic E-state index is 11.0. The van der Waals surface area contributed by atoms with Gasteiger partial charge in [0.05, 0.1) is 6.61 Å². The smallest absolute Gasteiger partial charge is 0.306 e. The largest absolute Gasteiger partial charge is 0.466 e. The molecule has 0 radical (unpaired) electrons. The van der Waals surface area contributed by atoms with Crippen molar-refractivity contribution in [1.29, 1.82) is 0 Å². The number of carbonyl (C=O) groups excluding carboxylic acids is 1. The number of ether oxygens (including phenoxy) is 1. The Morgan fingerprint density at radius 1 is 1.43 bits per heavy atom. The summed E-state index contributed by atoms with van der Waals surface area (Å²) in [6.45, 7) is 11.6. The van der Waals surface area contributed by atoms with Gasteiger partial charge in [0.1, 0.15) is 0 Å². The van der Waals surface area contributed by atoms with Gasteiger partial charge in [-0.05, 0) is 25.8 Å². The van der Waals surface area contributed by atoms with Crippen LogP contribution in [0.1, 0.15) is 26.7 Å². The average Bonchev–Trinajstić information content (AvgIpc) is 2.12. The highest BCUT2D eigenvalue weighted by Crippen LogP contribution is 2.09. The molecule has 0 aliphatic carbocycles. The minimum atomic E-state index is -0.165. The molecule has 0 aromatic heterocycles. The zero-order valence-electron chi connectivity index (χ0n) is 9.01. The Labute approximate surface area is 86.0 Å². The average molecular weight is 194 g/mol. The summed E-state index contributed by atoms with van der Waals surface area (Å²) in [6.07, 6.45) is 4.73. The van der Waals surface area contributed by atoms with E-state index in [4.69, 9.17) is 4.74 Å². The van der Waals surface area contributed by atoms with Gasteiger partial charge in [-0.2, -0.15) is 0 Å². The minimum Gasteiger partial charge on any atom is -0.466 e. The molecule has 0 saturated heterocycles. The third-order valence-corrected chi connectivity index (χ3v) is 1.62. The van der Waals surface area contributed by atoms with E-state index in [0.29, 0.717) is 19.4 Å². The molecule has 0 N–H and O–H groups in total. The van der Waals surface area contributed by atoms with E-state index in [1.807, 2.05) is 13.0 Å². The fourth-order valence-electron chi connectivity index (χ4n) is 1.03. The van der Waals surface area contributed by atoms with Crippen LogP contribution in [0, 0.1) is 0 Å². The maximum Gasteiger partial charge on any atom is 0.306 e. The summed E-state index contributed by atoms with van der Waals surface area (Å²) in [7, 11) is 0. The number of carbonyl (C=O) groups is 1. The predicted octanol–water partition coefficient (Wildman–Crippen LogP) is 3.02. The van der Waals surface area contributed by atoms with Crippen molar-refractivity contribution >= 4 is 5.97 Å². The second kappa shape index (κ2) is 7.13. The topological polar surface area (TPSA) is 26.3 Å². The molecule has 0 atom stereocenters. The van der Waals surface area contributed by atoms with E-state index >= 15 is 0 Å². The fourth-order valence-corrected chi connectivity index (χ4v) is 1.03. The van der Waals surface area contributed by atoms with Crippen LogP contribution >= 0.6 is 0 Å². The van der Waals surface area contributed by atoms with Gasteiger partial charge < -0.3 is 4.74 Å². The molecule has 0 saturated carbocycles. The number of hydrogen-bond donors (Lipinski definition) is 0. The first-order chi connectivity index (χ1) is 6.60. The zero-order valence-corrected chi connectivity index (χ0v) is 9.01. The van der Waals surface area contributed by atoms with Crippen molar-refractivity contribution in [2.75, 3.05) is 6.61 Å². The van der Waals surface area contributed by atoms with Crippen molar-refractivity contribution in [3.05, 3.63) is 36.5 Å². The van der Waals surface area contributed by atoms with Gasteiger partial charge in [-0.15, -0.1) is 0 Å². The first-order valence-corrected chi connectivity index (χ1v) is 4.74. The SMILES string of the molecule is C=C/C(=C\C(=C)C)CCC(=O)OCC. The molecule has 0 aromatic rings. The van der Waals surface area contributed by atoms with Crippen LogP contribution in [0.15, 0.2) is 36.5 Å². The highest BCUT2D eigenvalue weighted by atomic mass is 16.5. The molecule has 0 amide bonds. The second-order valence-corrected chi connectivity index (χ2v) is 3.07. The van der Waals surface area contributed by atoms with Gasteiger partial charge in [0.25, 0.3) is 0 Å². The summed E-state index contributed by atoms with van der Waals surface area (Å²) in [5, 5.41) is 0. The van der Waals surface area contributed by atoms with Gasteiger partial charge in [-0.1, -0.05) is 30.9 Å². The van der Waals surface area contributed by atoms with Crippen LogP contribution in [-0.2, 0) is 9.53 Å². The normalized spacial score (nSPS) is 10.9. The standard InChI is InChI=1S/C12H18O2/c1-5-11(9-10(3)4)7-8-12(13)14-6-2/h5,9H,1,3,6-8H2,2,4H3/b11-9+. The van der Waals surface area contributed by atoms with Crippen molar-refractivity contribution in [3.63, 3.8) is 0 Å². The summed E-state index contributed by atoms with van der Waals surface area (Å²) >= 11 is 0. The molecule has 0 heterocycles. The van der Waals surface area contributed by atoms with Gasteiger partial charge in [-0.25, -0.2) is 0 Å². The van der Waals surface area contributed by atoms with E-state index < -0.39 is 0 Å². The lowest BCUT2D eigenvalue weighted by molar-refractivity contribution is -0.143. The molecular weight excluding hydrogens is 176 g/mol. The lowest BCUT2D eigenvalue weighted by Crippen LogP contribution is -2.03. The van der Waals surface area contributed by atoms with E-state index in [9.17, 15) is 4.79 Å². The number of allylic oxidation sites excluding steroid dienone is 4. The maximum absolute atomic E-state index is 11.0. The van der Waals surface area contributed by atoms with Crippen LogP contribution < -0.4 is 0 Å². The third-order valence-electron chi connectivity index (χ3n) is 1.62. The van der Waals surface area contributed by atoms with E-state index in [1.54, 1.807) is 13.0 Å². The van der Waals surface area contributed by atoms with Crippen molar-refractivity contribution in [1.82, 2.24) is 0 Å². The third kappa shape index (κ3) is 6.23. The Bertz CT molecular complexity index is 249. The Kier molecular flexibility index (Phi) is 6.46. The van der Waals surface area contributed by atoms with Gasteiger partial charge in [0.15, 0.2) is 0 Å². The predicted molar refractivity (Wildman–Crippen MR) is 59.0 cm³/mol. The van der Waals surface area contributed by atoms with Crippen LogP contribution in [0.5, 0.6) is 0 Å². The molecule has 0 bridgehead atoms. The molecular formula is C12H18O2. The van der Waals surface area contributed by atoms with Crippen LogP contribution in [0.4, 0.5) is 0 Å². The summed E-state index contributed by atoms with van der Waals surface area (Å²) in [6, 6.07) is 0. The zero-order chi connectivity index (χ0) is 11.0. The van der Waals surface area contributed by atoms with Crippen LogP contribution in [0.25, 0.3) is 0 Å². The number of esters is 1. The van der Waals surface area contributed by atoms with Crippen molar-refractivity contribution < 1.29 is 9.53 Å². The molecule has 0 aliphatic rings. The molecule has 0 fully saturated rings. The molecule has 2 heteroatoms. The number of rotatable bonds is 6. The summed E-state index contributed by atoms with van der Waals surface area (Å²) in [5.74, 6) is -0.165. The second-order valence-electron chi connectivity index (χ2n) is 3.07. The van der Waals surface area contributed by atoms with E-state index in [0.717, 1.165) is 11.1 Å². The van der Waals surface area contributed by atoms with E-state index in [-0.39, 0.29) is 5.97 Å². The van der Waals surface area contributed by atoms with Crippen molar-refractivity contribution in [3.8, 4) is 0 Å². The van der Waals surface area contributed by atoms with Crippen LogP contribution in [0.2, 0.25) is 0 Å². The summed E-state index contributed by atoms with van der Waals surface area (Å²) in [4.78, 5) is 11.0. The van der Waals surface area contributed by atoms with E-state index in [1.165, 1.54) is 0 Å². The fraction of sp³-hybridized carbons (Fsp3) is 0.417. The molecule has 0 spiro atoms. The van der Waals surface area contributed by atoms with Gasteiger partial charge in [0.2, 0.25) is 0 Å². The first-order valence-electron chi connectivity index (χ1n) is 4.74. The molecule has 0 aromatic carbocycles. The van der Waals surface area contributed by atoms with Gasteiger partial charge >= 0.3 is 5.97 Å². The highest BCUT2D eigenvalue weighted by Gasteiger charge is 2.02. The Balaban J connectivity index is 4.02. The number of hydrogen-bond acceptors (Lipinski definition) is 2. The molecule has 0 rings (SSSR count). The molecule has 0 unspecified atom stereocenters. The van der Waals surface area contributed by atoms with Crippen molar-refractivity contribution in [2.45, 2.75) is 26.7 Å². The van der Waals surface area contributed by atoms with Crippen LogP contribution in [-0.4, -0.2) is 12.6 Å². The molecule has 0 aliphatic heterocycles. The molecule has 78 valence electrons. The summed E-state index contributed by atoms with van der Waals surface area (Å²) < 4.78 is 4.82. The van der Waals surface area contributed by atoms with Gasteiger partial charge in [0, 0.05) is 6.42 Å². The Morgan fingerprint density at radius 2 is 2.07 bits per heavy atom. The van der Waals surface area contributed by atoms with Gasteiger partial charge in [-0.3, -0.25) is 4.79 Å². The quantitative estimate of drug-likeness (QED) is 0.480. The summed E-state index contributed by atoms with van der Waals surface area (Å²) in [5.41, 5.74) is 1.98. The molecule has 14 heavy (non-hydrogen) atoms. The van der Waals surface area contributed by atoms with E-state index in [2.05, 4.69) is 13.2 Å². The van der Waals surface area contributed by atoms with Crippen LogP contribution in [0.3, 0.4) is 0 Å². The Hall–Kier alpha value is -1.31. The molecule has 2 nitrogen and oxygen atoms in total. The lowest BCUT2D eigenvalue weighted by Gasteiger charge is -2.02. The monoisotopic (exact) mass is 194 g/mol. The first kappa shape index (κ1) is 12.7.